The number of nitrogens with one attached hydrogen (secondary N) is 8. The molecular weight excluding hydrogens is 861 g/mol. The Morgan fingerprint density at radius 1 is 0.627 bits per heavy atom. The fourth-order valence-electron chi connectivity index (χ4n) is 5.36. The average molecular weight is 932 g/mol. The van der Waals surface area contributed by atoms with E-state index >= 15 is 0 Å². The molecule has 4 rings (SSSR count). The average Bonchev–Trinajstić information content (AvgIpc) is 3.30. The number of hydrogen-bond acceptors (Lipinski definition) is 16. The number of carbonyl (C=O) groups excluding carboxylic acids is 5. The normalized spacial score (nSPS) is 10.9. The van der Waals surface area contributed by atoms with E-state index in [0.29, 0.717) is 104 Å². The molecule has 0 aliphatic heterocycles. The molecule has 364 valence electrons. The van der Waals surface area contributed by atoms with Crippen LogP contribution in [-0.4, -0.2) is 100 Å². The van der Waals surface area contributed by atoms with Crippen LogP contribution in [0, 0.1) is 11.3 Å². The molecule has 10 N–H and O–H groups in total. The molecule has 21 heteroatoms. The van der Waals surface area contributed by atoms with E-state index in [2.05, 4.69) is 68.5 Å². The van der Waals surface area contributed by atoms with Gasteiger partial charge in [-0.05, 0) is 116 Å². The van der Waals surface area contributed by atoms with Gasteiger partial charge in [0.2, 0.25) is 17.8 Å². The minimum absolute atomic E-state index is 0. The van der Waals surface area contributed by atoms with E-state index < -0.39 is 29.3 Å². The fourth-order valence-corrected chi connectivity index (χ4v) is 5.36. The Balaban J connectivity index is 0.000000667. The lowest BCUT2D eigenvalue weighted by molar-refractivity contribution is 0.0515. The molecule has 2 heterocycles. The monoisotopic (exact) mass is 932 g/mol. The van der Waals surface area contributed by atoms with E-state index in [-0.39, 0.29) is 13.2 Å². The number of nitrogens with two attached hydrogens (primary N) is 1. The summed E-state index contributed by atoms with van der Waals surface area (Å²) in [6.45, 7) is 17.5. The number of rotatable bonds is 21. The Kier molecular flexibility index (Phi) is 20.8. The van der Waals surface area contributed by atoms with E-state index in [1.165, 1.54) is 12.4 Å². The molecule has 0 saturated heterocycles. The first kappa shape index (κ1) is 51.9. The van der Waals surface area contributed by atoms with Crippen molar-refractivity contribution in [1.82, 2.24) is 41.2 Å². The van der Waals surface area contributed by atoms with E-state index in [1.54, 1.807) is 90.1 Å². The molecule has 0 unspecified atom stereocenters. The zero-order valence-electron chi connectivity index (χ0n) is 41.5. The Hall–Kier alpha value is -7.76. The van der Waals surface area contributed by atoms with Crippen LogP contribution in [-0.2, 0) is 9.47 Å². The summed E-state index contributed by atoms with van der Waals surface area (Å²) in [5, 5.41) is 32.3. The van der Waals surface area contributed by atoms with Gasteiger partial charge in [0.15, 0.2) is 0 Å². The number of anilines is 6. The smallest absolute Gasteiger partial charge is 0.407 e. The Morgan fingerprint density at radius 3 is 1.37 bits per heavy atom. The molecule has 0 bridgehead atoms. The summed E-state index contributed by atoms with van der Waals surface area (Å²) in [7, 11) is 0. The van der Waals surface area contributed by atoms with Crippen LogP contribution in [0.15, 0.2) is 60.9 Å². The molecule has 0 aliphatic rings. The van der Waals surface area contributed by atoms with Crippen molar-refractivity contribution in [3.05, 3.63) is 83.2 Å². The van der Waals surface area contributed by atoms with Crippen molar-refractivity contribution in [3.63, 3.8) is 0 Å². The van der Waals surface area contributed by atoms with Crippen LogP contribution in [0.25, 0.3) is 0 Å². The van der Waals surface area contributed by atoms with E-state index in [9.17, 15) is 24.0 Å². The lowest BCUT2D eigenvalue weighted by atomic mass is 10.2. The molecule has 0 spiro atoms. The van der Waals surface area contributed by atoms with Gasteiger partial charge in [-0.15, -0.1) is 0 Å². The lowest BCUT2D eigenvalue weighted by Gasteiger charge is -2.19. The van der Waals surface area contributed by atoms with Crippen LogP contribution < -0.4 is 48.3 Å². The van der Waals surface area contributed by atoms with Crippen molar-refractivity contribution in [3.8, 4) is 6.07 Å². The zero-order valence-corrected chi connectivity index (χ0v) is 39.5. The SMILES string of the molecule is CCCNc1nc(Nc2ccc(C#N)cc2)ncc1C(=O)NCCCNC(=O)OC(C)(C)C.CCCNc1nc(Nc2ccc(C(N)=O)cc2)ncc1C(=O)NCCCNC(=O)OC(C)(C)C.[2HH].[2H][2H]. The molecule has 2 aromatic heterocycles. The third-order valence-electron chi connectivity index (χ3n) is 8.46. The second kappa shape index (κ2) is 26.9. The highest BCUT2D eigenvalue weighted by atomic mass is 16.6. The molecule has 0 saturated carbocycles. The Labute approximate surface area is 396 Å². The third-order valence-corrected chi connectivity index (χ3v) is 8.46. The van der Waals surface area contributed by atoms with Gasteiger partial charge in [0.25, 0.3) is 11.8 Å². The quantitative estimate of drug-likeness (QED) is 0.0387. The first-order valence-corrected chi connectivity index (χ1v) is 22.0. The lowest BCUT2D eigenvalue weighted by Crippen LogP contribution is -2.34. The van der Waals surface area contributed by atoms with Crippen molar-refractivity contribution in [2.24, 2.45) is 5.73 Å². The minimum atomic E-state index is -0.561. The topological polar surface area (TPSA) is 301 Å². The molecule has 21 nitrogen and oxygen atoms in total. The van der Waals surface area contributed by atoms with Crippen molar-refractivity contribution in [2.45, 2.75) is 92.3 Å². The van der Waals surface area contributed by atoms with Gasteiger partial charge in [-0.25, -0.2) is 19.6 Å². The molecule has 0 aliphatic carbocycles. The highest BCUT2D eigenvalue weighted by molar-refractivity contribution is 5.99. The zero-order chi connectivity index (χ0) is 51.4. The van der Waals surface area contributed by atoms with E-state index in [0.717, 1.165) is 18.5 Å². The van der Waals surface area contributed by atoms with Gasteiger partial charge in [-0.3, -0.25) is 14.4 Å². The molecule has 5 amide bonds. The molecule has 0 radical (unpaired) electrons. The standard InChI is InChI=1S/C23H33N7O4.C23H31N7O3.2H2/c1-5-11-25-19-17(20(32)26-12-6-13-27-22(33)34-23(2,3)4)14-28-21(30-19)29-16-9-7-15(8-10-16)18(24)31;1-5-11-25-19-18(20(31)26-12-6-13-27-22(32)33-23(2,3)4)15-28-21(30-19)29-17-9-7-16(14-24)8-10-17;;/h7-10,14H,5-6,11-13H2,1-4H3,(H2,24,31)(H,26,32)(H,27,33)(H2,25,28,29,30);7-10,15H,5-6,11-13H2,1-4H3,(H,26,31)(H,27,32)(H2,25,28,29,30);2*1H/i;;1+1D;1+1. The van der Waals surface area contributed by atoms with Gasteiger partial charge in [-0.1, -0.05) is 13.8 Å². The number of aromatic nitrogens is 4. The van der Waals surface area contributed by atoms with Gasteiger partial charge in [0.05, 0.1) is 11.6 Å². The summed E-state index contributed by atoms with van der Waals surface area (Å²) < 4.78 is 20.3. The largest absolute Gasteiger partial charge is 0.444 e. The summed E-state index contributed by atoms with van der Waals surface area (Å²) >= 11 is 0. The van der Waals surface area contributed by atoms with Crippen molar-refractivity contribution < 1.29 is 37.8 Å². The van der Waals surface area contributed by atoms with Crippen LogP contribution in [0.2, 0.25) is 0 Å². The maximum absolute atomic E-state index is 12.7. The van der Waals surface area contributed by atoms with Crippen LogP contribution >= 0.6 is 0 Å². The maximum atomic E-state index is 12.7. The van der Waals surface area contributed by atoms with E-state index in [4.69, 9.17) is 23.4 Å². The number of primary amides is 1. The molecular formula is C46H68N14O7. The molecule has 0 atom stereocenters. The number of alkyl carbamates (subject to hydrolysis) is 2. The molecule has 67 heavy (non-hydrogen) atoms. The van der Waals surface area contributed by atoms with Gasteiger partial charge >= 0.3 is 12.2 Å². The number of benzene rings is 2. The number of ether oxygens (including phenoxy) is 2. The number of hydrogen-bond donors (Lipinski definition) is 9. The van der Waals surface area contributed by atoms with Crippen LogP contribution in [0.5, 0.6) is 0 Å². The number of amides is 5. The van der Waals surface area contributed by atoms with Crippen molar-refractivity contribution in [1.29, 1.82) is 5.26 Å². The Bertz CT molecular complexity index is 2310. The second-order valence-corrected chi connectivity index (χ2v) is 16.7. The van der Waals surface area contributed by atoms with Gasteiger partial charge in [0.1, 0.15) is 34.0 Å². The highest BCUT2D eigenvalue weighted by Gasteiger charge is 2.19. The van der Waals surface area contributed by atoms with Crippen molar-refractivity contribution in [2.75, 3.05) is 60.5 Å². The van der Waals surface area contributed by atoms with Crippen LogP contribution in [0.4, 0.5) is 44.5 Å². The summed E-state index contributed by atoms with van der Waals surface area (Å²) in [5.74, 6) is 0.304. The van der Waals surface area contributed by atoms with Gasteiger partial charge in [-0.2, -0.15) is 15.2 Å². The first-order chi connectivity index (χ1) is 32.8. The predicted molar refractivity (Wildman–Crippen MR) is 261 cm³/mol. The first-order valence-electron chi connectivity index (χ1n) is 23.0. The summed E-state index contributed by atoms with van der Waals surface area (Å²) in [5.41, 5.74) is 7.12. The maximum Gasteiger partial charge on any atom is 0.407 e. The third kappa shape index (κ3) is 20.7. The van der Waals surface area contributed by atoms with Gasteiger partial charge < -0.3 is 57.7 Å². The highest BCUT2D eigenvalue weighted by Crippen LogP contribution is 2.20. The molecule has 4 aromatic rings. The van der Waals surface area contributed by atoms with E-state index in [1.807, 2.05) is 13.8 Å². The predicted octanol–water partition coefficient (Wildman–Crippen LogP) is 6.84. The second-order valence-electron chi connectivity index (χ2n) is 16.7. The summed E-state index contributed by atoms with van der Waals surface area (Å²) in [6.07, 6.45) is 4.71. The fraction of sp³-hybridized carbons (Fsp3) is 0.435. The summed E-state index contributed by atoms with van der Waals surface area (Å²) in [4.78, 5) is 77.2. The van der Waals surface area contributed by atoms with Crippen molar-refractivity contribution >= 4 is 64.8 Å². The van der Waals surface area contributed by atoms with Crippen LogP contribution in [0.1, 0.15) is 122 Å². The molecule has 2 aromatic carbocycles. The summed E-state index contributed by atoms with van der Waals surface area (Å²) in [6, 6.07) is 15.5. The molecule has 0 fully saturated rings. The number of carbonyl (C=O) groups is 5. The van der Waals surface area contributed by atoms with Crippen LogP contribution in [0.3, 0.4) is 0 Å². The minimum Gasteiger partial charge on any atom is -0.444 e. The number of nitriles is 1. The number of nitrogens with zero attached hydrogens (tertiary/aromatic N) is 5. The van der Waals surface area contributed by atoms with Gasteiger partial charge in [0, 0.05) is 73.0 Å². The Morgan fingerprint density at radius 2 is 1.01 bits per heavy atom.